The normalized spacial score (nSPS) is 23.1. The quantitative estimate of drug-likeness (QED) is 0.418. The number of benzene rings is 1. The summed E-state index contributed by atoms with van der Waals surface area (Å²) in [5.41, 5.74) is 5.01. The van der Waals surface area contributed by atoms with Crippen LogP contribution >= 0.6 is 0 Å². The van der Waals surface area contributed by atoms with Gasteiger partial charge in [0.2, 0.25) is 5.91 Å². The van der Waals surface area contributed by atoms with Gasteiger partial charge < -0.3 is 9.64 Å². The Labute approximate surface area is 216 Å². The average molecular weight is 498 g/mol. The predicted octanol–water partition coefficient (Wildman–Crippen LogP) is 3.71. The summed E-state index contributed by atoms with van der Waals surface area (Å²) in [5, 5.41) is 9.00. The first kappa shape index (κ1) is 23.5. The maximum absolute atomic E-state index is 12.6. The van der Waals surface area contributed by atoms with Gasteiger partial charge in [-0.25, -0.2) is 9.97 Å². The monoisotopic (exact) mass is 497 g/mol. The van der Waals surface area contributed by atoms with Crippen molar-refractivity contribution < 1.29 is 9.53 Å². The number of aryl methyl sites for hydroxylation is 1. The molecule has 2 unspecified atom stereocenters. The summed E-state index contributed by atoms with van der Waals surface area (Å²) in [5.74, 6) is 1.52. The van der Waals surface area contributed by atoms with Gasteiger partial charge in [-0.05, 0) is 24.5 Å². The van der Waals surface area contributed by atoms with Crippen molar-refractivity contribution in [3.05, 3.63) is 61.4 Å². The molecule has 2 bridgehead atoms. The fraction of sp³-hybridized carbons (Fsp3) is 0.393. The first-order chi connectivity index (χ1) is 18.0. The minimum absolute atomic E-state index is 0.0674. The SMILES string of the molecule is CN(C)C(=O)C1CC2COCC(C1)C2n1cc(-c2cnc(-c3cccc(-c4cnn(C)c4)c3)nc2)cn1. The van der Waals surface area contributed by atoms with Gasteiger partial charge in [-0.3, -0.25) is 14.2 Å². The van der Waals surface area contributed by atoms with Gasteiger partial charge in [0.25, 0.3) is 0 Å². The number of hydrogen-bond acceptors (Lipinski definition) is 6. The lowest BCUT2D eigenvalue weighted by atomic mass is 9.70. The number of carbonyl (C=O) groups excluding carboxylic acids is 1. The van der Waals surface area contributed by atoms with Gasteiger partial charge >= 0.3 is 0 Å². The van der Waals surface area contributed by atoms with Crippen molar-refractivity contribution in [3.8, 4) is 33.6 Å². The Kier molecular flexibility index (Phi) is 6.08. The minimum Gasteiger partial charge on any atom is -0.381 e. The first-order valence-electron chi connectivity index (χ1n) is 12.7. The Morgan fingerprint density at radius 1 is 0.892 bits per heavy atom. The van der Waals surface area contributed by atoms with E-state index in [-0.39, 0.29) is 29.7 Å². The Morgan fingerprint density at radius 2 is 1.57 bits per heavy atom. The van der Waals surface area contributed by atoms with Crippen molar-refractivity contribution in [3.63, 3.8) is 0 Å². The molecule has 1 aliphatic carbocycles. The zero-order valence-electron chi connectivity index (χ0n) is 21.4. The average Bonchev–Trinajstić information content (AvgIpc) is 3.57. The van der Waals surface area contributed by atoms with Gasteiger partial charge in [-0.2, -0.15) is 10.2 Å². The Balaban J connectivity index is 1.20. The number of amides is 1. The molecular weight excluding hydrogens is 466 g/mol. The highest BCUT2D eigenvalue weighted by Gasteiger charge is 2.44. The summed E-state index contributed by atoms with van der Waals surface area (Å²) < 4.78 is 9.74. The Morgan fingerprint density at radius 3 is 2.24 bits per heavy atom. The van der Waals surface area contributed by atoms with Crippen LogP contribution < -0.4 is 0 Å². The Hall–Kier alpha value is -3.85. The fourth-order valence-corrected chi connectivity index (χ4v) is 5.88. The molecule has 0 radical (unpaired) electrons. The molecular formula is C28H31N7O2. The van der Waals surface area contributed by atoms with E-state index >= 15 is 0 Å². The molecule has 4 heterocycles. The van der Waals surface area contributed by atoms with Crippen molar-refractivity contribution >= 4 is 5.91 Å². The van der Waals surface area contributed by atoms with Crippen LogP contribution in [0.3, 0.4) is 0 Å². The number of carbonyl (C=O) groups is 1. The van der Waals surface area contributed by atoms with Gasteiger partial charge in [0.05, 0.1) is 31.6 Å². The molecule has 9 nitrogen and oxygen atoms in total. The van der Waals surface area contributed by atoms with E-state index in [2.05, 4.69) is 38.1 Å². The van der Waals surface area contributed by atoms with Crippen LogP contribution in [-0.2, 0) is 16.6 Å². The van der Waals surface area contributed by atoms with Crippen LogP contribution in [0.15, 0.2) is 61.4 Å². The third-order valence-electron chi connectivity index (χ3n) is 7.65. The molecule has 1 saturated heterocycles. The van der Waals surface area contributed by atoms with Crippen molar-refractivity contribution in [1.29, 1.82) is 0 Å². The summed E-state index contributed by atoms with van der Waals surface area (Å²) in [6, 6.07) is 8.42. The molecule has 1 aromatic carbocycles. The molecule has 37 heavy (non-hydrogen) atoms. The molecule has 1 saturated carbocycles. The third-order valence-corrected chi connectivity index (χ3v) is 7.65. The van der Waals surface area contributed by atoms with E-state index in [1.807, 2.05) is 64.3 Å². The van der Waals surface area contributed by atoms with E-state index in [1.165, 1.54) is 0 Å². The van der Waals surface area contributed by atoms with Crippen molar-refractivity contribution in [2.24, 2.45) is 24.8 Å². The number of rotatable bonds is 5. The van der Waals surface area contributed by atoms with Crippen LogP contribution in [0.1, 0.15) is 18.9 Å². The molecule has 190 valence electrons. The summed E-state index contributed by atoms with van der Waals surface area (Å²) in [4.78, 5) is 23.7. The standard InChI is InChI=1S/C28H31N7O2/c1-33(2)28(36)20-8-21-16-37-17-22(9-20)26(21)35-15-25(13-32-35)23-10-29-27(30-11-23)19-6-4-5-18(7-19)24-12-31-34(3)14-24/h4-7,10-15,20-22,26H,8-9,16-17H2,1-3H3. The molecule has 2 aliphatic rings. The van der Waals surface area contributed by atoms with Crippen molar-refractivity contribution in [2.45, 2.75) is 18.9 Å². The van der Waals surface area contributed by atoms with E-state index in [0.717, 1.165) is 40.7 Å². The largest absolute Gasteiger partial charge is 0.381 e. The van der Waals surface area contributed by atoms with Crippen LogP contribution in [0.25, 0.3) is 33.6 Å². The maximum Gasteiger partial charge on any atom is 0.225 e. The maximum atomic E-state index is 12.6. The lowest BCUT2D eigenvalue weighted by molar-refractivity contribution is -0.140. The number of hydrogen-bond donors (Lipinski definition) is 0. The van der Waals surface area contributed by atoms with Gasteiger partial charge in [-0.1, -0.05) is 18.2 Å². The van der Waals surface area contributed by atoms with Crippen molar-refractivity contribution in [2.75, 3.05) is 27.3 Å². The molecule has 4 aromatic rings. The summed E-state index contributed by atoms with van der Waals surface area (Å²) in [6.07, 6.45) is 13.2. The van der Waals surface area contributed by atoms with Crippen LogP contribution in [-0.4, -0.2) is 67.6 Å². The lowest BCUT2D eigenvalue weighted by Crippen LogP contribution is -2.46. The molecule has 0 spiro atoms. The van der Waals surface area contributed by atoms with E-state index in [4.69, 9.17) is 9.84 Å². The van der Waals surface area contributed by atoms with Gasteiger partial charge in [-0.15, -0.1) is 0 Å². The number of nitrogens with zero attached hydrogens (tertiary/aromatic N) is 7. The molecule has 3 aromatic heterocycles. The highest BCUT2D eigenvalue weighted by Crippen LogP contribution is 2.45. The van der Waals surface area contributed by atoms with Crippen LogP contribution in [0.2, 0.25) is 0 Å². The van der Waals surface area contributed by atoms with E-state index in [9.17, 15) is 4.79 Å². The lowest BCUT2D eigenvalue weighted by Gasteiger charge is -2.45. The van der Waals surface area contributed by atoms with Gasteiger partial charge in [0.15, 0.2) is 5.82 Å². The number of aromatic nitrogens is 6. The topological polar surface area (TPSA) is 91.0 Å². The van der Waals surface area contributed by atoms with Crippen LogP contribution in [0.5, 0.6) is 0 Å². The highest BCUT2D eigenvalue weighted by molar-refractivity contribution is 5.78. The second kappa shape index (κ2) is 9.55. The summed E-state index contributed by atoms with van der Waals surface area (Å²) in [7, 11) is 5.59. The van der Waals surface area contributed by atoms with Gasteiger partial charge in [0, 0.05) is 85.9 Å². The fourth-order valence-electron chi connectivity index (χ4n) is 5.88. The summed E-state index contributed by atoms with van der Waals surface area (Å²) >= 11 is 0. The van der Waals surface area contributed by atoms with E-state index in [0.29, 0.717) is 19.0 Å². The molecule has 2 fully saturated rings. The molecule has 2 atom stereocenters. The summed E-state index contributed by atoms with van der Waals surface area (Å²) in [6.45, 7) is 1.34. The molecule has 9 heteroatoms. The highest BCUT2D eigenvalue weighted by atomic mass is 16.5. The molecule has 0 N–H and O–H groups in total. The van der Waals surface area contributed by atoms with E-state index < -0.39 is 0 Å². The molecule has 6 rings (SSSR count). The zero-order valence-corrected chi connectivity index (χ0v) is 21.4. The molecule has 1 aliphatic heterocycles. The van der Waals surface area contributed by atoms with E-state index in [1.54, 1.807) is 9.58 Å². The smallest absolute Gasteiger partial charge is 0.225 e. The van der Waals surface area contributed by atoms with Crippen LogP contribution in [0.4, 0.5) is 0 Å². The minimum atomic E-state index is 0.0674. The first-order valence-corrected chi connectivity index (χ1v) is 12.7. The third kappa shape index (κ3) is 4.55. The predicted molar refractivity (Wildman–Crippen MR) is 139 cm³/mol. The Bertz CT molecular complexity index is 1390. The molecule has 1 amide bonds. The van der Waals surface area contributed by atoms with Crippen LogP contribution in [0, 0.1) is 17.8 Å². The van der Waals surface area contributed by atoms with Crippen molar-refractivity contribution in [1.82, 2.24) is 34.4 Å². The second-order valence-corrected chi connectivity index (χ2v) is 10.4. The zero-order chi connectivity index (χ0) is 25.5. The number of fused-ring (bicyclic) bond motifs is 2. The van der Waals surface area contributed by atoms with Gasteiger partial charge in [0.1, 0.15) is 0 Å². The number of ether oxygens (including phenoxy) is 1. The second-order valence-electron chi connectivity index (χ2n) is 10.4.